The molecule has 2 fully saturated rings. The van der Waals surface area contributed by atoms with Crippen LogP contribution < -0.4 is 0 Å². The molecule has 27 heavy (non-hydrogen) atoms. The predicted molar refractivity (Wildman–Crippen MR) is 120 cm³/mol. The van der Waals surface area contributed by atoms with Gasteiger partial charge in [0.2, 0.25) is 6.84 Å². The minimum atomic E-state index is -0.558. The molecule has 0 bridgehead atoms. The van der Waals surface area contributed by atoms with E-state index in [2.05, 4.69) is 126 Å². The van der Waals surface area contributed by atoms with Gasteiger partial charge in [-0.1, -0.05) is 59.7 Å². The second-order valence-corrected chi connectivity index (χ2v) is 13.8. The first-order chi connectivity index (χ1) is 12.7. The van der Waals surface area contributed by atoms with Crippen molar-refractivity contribution in [2.75, 3.05) is 0 Å². The highest BCUT2D eigenvalue weighted by atomic mass is 79.9. The summed E-state index contributed by atoms with van der Waals surface area (Å²) < 4.78 is 17.1. The molecule has 4 unspecified atom stereocenters. The minimum Gasteiger partial charge on any atom is -0.360 e. The van der Waals surface area contributed by atoms with Crippen molar-refractivity contribution < 1.29 is 14.2 Å². The second-order valence-electron chi connectivity index (χ2n) is 7.00. The first kappa shape index (κ1) is 20.5. The molecule has 144 valence electrons. The van der Waals surface area contributed by atoms with Crippen molar-refractivity contribution in [3.8, 4) is 0 Å². The molecule has 2 aliphatic heterocycles. The fourth-order valence-corrected chi connectivity index (χ4v) is 4.83. The number of aryl methyl sites for hydroxylation is 2. The van der Waals surface area contributed by atoms with Crippen LogP contribution in [0.5, 0.6) is 0 Å². The van der Waals surface area contributed by atoms with Crippen LogP contribution in [0.15, 0.2) is 48.5 Å². The lowest BCUT2D eigenvalue weighted by Gasteiger charge is -2.24. The van der Waals surface area contributed by atoms with Crippen LogP contribution in [0.3, 0.4) is 0 Å². The average molecular weight is 626 g/mol. The maximum atomic E-state index is 6.65. The Morgan fingerprint density at radius 1 is 0.704 bits per heavy atom. The maximum Gasteiger partial charge on any atom is 0.207 e. The van der Waals surface area contributed by atoms with Gasteiger partial charge in [0.15, 0.2) is 0 Å². The Morgan fingerprint density at radius 2 is 1.00 bits per heavy atom. The summed E-state index contributed by atoms with van der Waals surface area (Å²) in [4.78, 5) is 0. The van der Waals surface area contributed by atoms with Gasteiger partial charge in [0, 0.05) is 0 Å². The normalized spacial score (nSPS) is 27.0. The highest BCUT2D eigenvalue weighted by Gasteiger charge is 2.62. The Hall–Kier alpha value is 0.240. The van der Waals surface area contributed by atoms with E-state index in [1.165, 1.54) is 11.1 Å². The van der Waals surface area contributed by atoms with Gasteiger partial charge < -0.3 is 14.2 Å². The van der Waals surface area contributed by atoms with Crippen LogP contribution in [0.4, 0.5) is 0 Å². The molecule has 0 aromatic heterocycles. The van der Waals surface area contributed by atoms with Crippen molar-refractivity contribution in [3.63, 3.8) is 0 Å². The standard InChI is InChI=1S/C20H18Br4O3/c1-11-3-7-13(8-4-11)15(17-19(21,22)26-17)25-16(18-20(23,24)27-18)14-9-5-12(2)6-10-14/h3-10,15-18H,1-2H3. The zero-order valence-electron chi connectivity index (χ0n) is 14.7. The zero-order chi connectivity index (χ0) is 19.4. The molecule has 3 nitrogen and oxygen atoms in total. The summed E-state index contributed by atoms with van der Waals surface area (Å²) in [7, 11) is 0. The van der Waals surface area contributed by atoms with E-state index in [4.69, 9.17) is 14.2 Å². The van der Waals surface area contributed by atoms with Crippen LogP contribution in [-0.2, 0) is 14.2 Å². The van der Waals surface area contributed by atoms with Crippen LogP contribution in [0.2, 0.25) is 0 Å². The van der Waals surface area contributed by atoms with Gasteiger partial charge in [0.1, 0.15) is 24.4 Å². The highest BCUT2D eigenvalue weighted by molar-refractivity contribution is 9.25. The molecule has 2 saturated heterocycles. The molecule has 2 aromatic carbocycles. The maximum absolute atomic E-state index is 6.65. The number of epoxide rings is 2. The number of ether oxygens (including phenoxy) is 3. The van der Waals surface area contributed by atoms with E-state index in [9.17, 15) is 0 Å². The van der Waals surface area contributed by atoms with Crippen LogP contribution in [0, 0.1) is 13.8 Å². The Morgan fingerprint density at radius 3 is 1.26 bits per heavy atom. The number of hydrogen-bond acceptors (Lipinski definition) is 3. The summed E-state index contributed by atoms with van der Waals surface area (Å²) in [5.41, 5.74) is 4.55. The highest BCUT2D eigenvalue weighted by Crippen LogP contribution is 2.59. The van der Waals surface area contributed by atoms with Crippen LogP contribution in [0.1, 0.15) is 34.5 Å². The van der Waals surface area contributed by atoms with E-state index in [0.29, 0.717) is 0 Å². The van der Waals surface area contributed by atoms with Crippen molar-refractivity contribution in [2.45, 2.75) is 45.1 Å². The summed E-state index contributed by atoms with van der Waals surface area (Å²) in [6, 6.07) is 16.7. The molecule has 0 N–H and O–H groups in total. The van der Waals surface area contributed by atoms with Crippen molar-refractivity contribution >= 4 is 63.7 Å². The third kappa shape index (κ3) is 4.55. The molecular weight excluding hydrogens is 608 g/mol. The van der Waals surface area contributed by atoms with E-state index in [1.807, 2.05) is 0 Å². The Bertz CT molecular complexity index is 751. The molecule has 0 saturated carbocycles. The van der Waals surface area contributed by atoms with Crippen LogP contribution in [0.25, 0.3) is 0 Å². The molecule has 7 heteroatoms. The topological polar surface area (TPSA) is 34.3 Å². The molecule has 0 aliphatic carbocycles. The summed E-state index contributed by atoms with van der Waals surface area (Å²) in [6.07, 6.45) is -0.801. The van der Waals surface area contributed by atoms with Gasteiger partial charge in [0.05, 0.1) is 0 Å². The van der Waals surface area contributed by atoms with Crippen molar-refractivity contribution in [1.82, 2.24) is 0 Å². The molecule has 4 rings (SSSR count). The average Bonchev–Trinajstić information content (AvgIpc) is 3.45. The van der Waals surface area contributed by atoms with Gasteiger partial charge in [-0.3, -0.25) is 0 Å². The monoisotopic (exact) mass is 622 g/mol. The van der Waals surface area contributed by atoms with Crippen LogP contribution in [-0.4, -0.2) is 19.0 Å². The van der Waals surface area contributed by atoms with Gasteiger partial charge in [0.25, 0.3) is 0 Å². The fourth-order valence-electron chi connectivity index (χ4n) is 3.07. The van der Waals surface area contributed by atoms with E-state index < -0.39 is 6.84 Å². The lowest BCUT2D eigenvalue weighted by atomic mass is 10.0. The molecule has 2 heterocycles. The molecule has 0 amide bonds. The number of alkyl halides is 4. The summed E-state index contributed by atoms with van der Waals surface area (Å²) in [5, 5.41) is 0. The lowest BCUT2D eigenvalue weighted by molar-refractivity contribution is -0.0420. The Kier molecular flexibility index (Phi) is 5.69. The quantitative estimate of drug-likeness (QED) is 0.262. The number of hydrogen-bond donors (Lipinski definition) is 0. The molecule has 0 radical (unpaired) electrons. The summed E-state index contributed by atoms with van der Waals surface area (Å²) in [5.74, 6) is 0. The number of halogens is 4. The van der Waals surface area contributed by atoms with Gasteiger partial charge in [-0.2, -0.15) is 0 Å². The number of rotatable bonds is 6. The van der Waals surface area contributed by atoms with Gasteiger partial charge in [-0.15, -0.1) is 0 Å². The molecule has 2 aromatic rings. The third-order valence-electron chi connectivity index (χ3n) is 4.77. The smallest absolute Gasteiger partial charge is 0.207 e. The zero-order valence-corrected chi connectivity index (χ0v) is 21.0. The Labute approximate surface area is 192 Å². The molecule has 4 atom stereocenters. The largest absolute Gasteiger partial charge is 0.360 e. The lowest BCUT2D eigenvalue weighted by Crippen LogP contribution is -2.22. The van der Waals surface area contributed by atoms with Gasteiger partial charge >= 0.3 is 0 Å². The summed E-state index contributed by atoms with van der Waals surface area (Å²) in [6.45, 7) is 4.15. The van der Waals surface area contributed by atoms with E-state index in [0.717, 1.165) is 11.1 Å². The van der Waals surface area contributed by atoms with E-state index >= 15 is 0 Å². The third-order valence-corrected chi connectivity index (χ3v) is 7.32. The Balaban J connectivity index is 1.66. The first-order valence-electron chi connectivity index (χ1n) is 8.57. The minimum absolute atomic E-state index is 0.146. The van der Waals surface area contributed by atoms with Crippen molar-refractivity contribution in [1.29, 1.82) is 0 Å². The van der Waals surface area contributed by atoms with Crippen molar-refractivity contribution in [3.05, 3.63) is 70.8 Å². The van der Waals surface area contributed by atoms with E-state index in [1.54, 1.807) is 0 Å². The first-order valence-corrected chi connectivity index (χ1v) is 11.7. The van der Waals surface area contributed by atoms with Crippen LogP contribution >= 0.6 is 63.7 Å². The SMILES string of the molecule is Cc1ccc(C(OC(c2ccc(C)cc2)C2OC2(Br)Br)C2OC2(Br)Br)cc1. The summed E-state index contributed by atoms with van der Waals surface area (Å²) >= 11 is 14.2. The second kappa shape index (κ2) is 7.49. The van der Waals surface area contributed by atoms with Gasteiger partial charge in [-0.25, -0.2) is 0 Å². The predicted octanol–water partition coefficient (Wildman–Crippen LogP) is 6.79. The molecule has 0 spiro atoms. The van der Waals surface area contributed by atoms with Gasteiger partial charge in [-0.05, 0) is 88.7 Å². The van der Waals surface area contributed by atoms with E-state index in [-0.39, 0.29) is 24.4 Å². The molecular formula is C20H18Br4O3. The fraction of sp³-hybridized carbons (Fsp3) is 0.400. The molecule has 2 aliphatic rings. The number of benzene rings is 2. The van der Waals surface area contributed by atoms with Crippen molar-refractivity contribution in [2.24, 2.45) is 0 Å².